The minimum atomic E-state index is -4.64. The number of nitrogens with zero attached hydrogens (tertiary/aromatic N) is 3. The number of aliphatic hydroxyl groups is 2. The van der Waals surface area contributed by atoms with Gasteiger partial charge in [-0.25, -0.2) is 32.4 Å². The van der Waals surface area contributed by atoms with Crippen molar-refractivity contribution >= 4 is 64.0 Å². The van der Waals surface area contributed by atoms with E-state index >= 15 is 0 Å². The Hall–Kier alpha value is -1.31. The number of ether oxygens (including phenoxy) is 1. The number of hydrogen-bond donors (Lipinski definition) is 22. The van der Waals surface area contributed by atoms with Gasteiger partial charge in [-0.15, -0.1) is 0 Å². The van der Waals surface area contributed by atoms with Crippen LogP contribution in [-0.2, 0) is 32.1 Å². The summed E-state index contributed by atoms with van der Waals surface area (Å²) in [6.07, 6.45) is -0.270. The lowest BCUT2D eigenvalue weighted by atomic mass is 10.2. The van der Waals surface area contributed by atoms with E-state index < -0.39 is 70.9 Å². The standard InChI is InChI=1S/C10H13N5O4.6H3O4P/c11-10-13-8-7(9(18)14-10)12-3-15(8)6-1-4(17)5(2-16)19-6;6*1-5(2,3)4/h3-6,16-17H,1-2H2,(H3,11,13,14,18);6*(H3,1,2,3,4)/t4-,5+,6?;;;;;;/m0....../s1. The van der Waals surface area contributed by atoms with Crippen molar-refractivity contribution in [2.24, 2.45) is 0 Å². The SMILES string of the molecule is Nc1nc2c(ncn2C2C[C@H](O)[C@@H](CO)O2)c(=O)[nH]1.O=P(O)(O)O.O=P(O)(O)O.O=P(O)(O)O.O=P(O)(O)O.O=P(O)(O)O.O=P(O)(O)O. The quantitative estimate of drug-likeness (QED) is 0.125. The number of phosphoric acid groups is 6. The van der Waals surface area contributed by atoms with Crippen LogP contribution in [0.15, 0.2) is 11.1 Å². The van der Waals surface area contributed by atoms with E-state index in [2.05, 4.69) is 15.0 Å². The average Bonchev–Trinajstić information content (AvgIpc) is 3.29. The zero-order valence-electron chi connectivity index (χ0n) is 23.0. The fraction of sp³-hybridized carbons (Fsp3) is 0.500. The van der Waals surface area contributed by atoms with Crippen LogP contribution < -0.4 is 11.3 Å². The summed E-state index contributed by atoms with van der Waals surface area (Å²) in [6, 6.07) is 0. The van der Waals surface area contributed by atoms with Gasteiger partial charge < -0.3 is 109 Å². The van der Waals surface area contributed by atoms with Crippen LogP contribution in [0.25, 0.3) is 11.2 Å². The van der Waals surface area contributed by atoms with Crippen molar-refractivity contribution in [1.29, 1.82) is 0 Å². The molecule has 0 aromatic carbocycles. The zero-order valence-corrected chi connectivity index (χ0v) is 28.4. The molecule has 294 valence electrons. The highest BCUT2D eigenvalue weighted by Crippen LogP contribution is 2.30. The molecule has 0 saturated carbocycles. The third kappa shape index (κ3) is 53.7. The van der Waals surface area contributed by atoms with Crippen molar-refractivity contribution in [3.8, 4) is 0 Å². The van der Waals surface area contributed by atoms with E-state index in [0.29, 0.717) is 0 Å². The molecule has 1 fully saturated rings. The molecule has 0 spiro atoms. The van der Waals surface area contributed by atoms with Gasteiger partial charge in [0.05, 0.1) is 19.0 Å². The fourth-order valence-electron chi connectivity index (χ4n) is 2.20. The van der Waals surface area contributed by atoms with Gasteiger partial charge in [0.2, 0.25) is 5.95 Å². The topological polar surface area (TPSA) is 606 Å². The molecule has 0 bridgehead atoms. The van der Waals surface area contributed by atoms with Gasteiger partial charge in [0.1, 0.15) is 12.3 Å². The second-order valence-corrected chi connectivity index (χ2v) is 13.6. The number of nitrogen functional groups attached to an aromatic ring is 1. The molecule has 1 aliphatic heterocycles. The van der Waals surface area contributed by atoms with Gasteiger partial charge in [0.15, 0.2) is 11.2 Å². The normalized spacial score (nSPS) is 17.8. The summed E-state index contributed by atoms with van der Waals surface area (Å²) in [7, 11) is -27.8. The average molecular weight is 855 g/mol. The van der Waals surface area contributed by atoms with Gasteiger partial charge >= 0.3 is 46.9 Å². The van der Waals surface area contributed by atoms with E-state index in [-0.39, 0.29) is 30.1 Å². The smallest absolute Gasteiger partial charge is 0.394 e. The lowest BCUT2D eigenvalue weighted by Crippen LogP contribution is -2.24. The number of nitrogens with two attached hydrogens (primary N) is 1. The third-order valence-corrected chi connectivity index (χ3v) is 3.15. The van der Waals surface area contributed by atoms with Gasteiger partial charge in [-0.05, 0) is 0 Å². The van der Waals surface area contributed by atoms with E-state index in [9.17, 15) is 9.90 Å². The van der Waals surface area contributed by atoms with E-state index in [1.807, 2.05) is 0 Å². The van der Waals surface area contributed by atoms with Crippen molar-refractivity contribution < 1.29 is 130 Å². The zero-order chi connectivity index (χ0) is 40.6. The summed E-state index contributed by atoms with van der Waals surface area (Å²) < 4.78 is 60.3. The first-order valence-electron chi connectivity index (χ1n) is 10.5. The molecule has 3 heterocycles. The maximum atomic E-state index is 11.6. The van der Waals surface area contributed by atoms with Crippen LogP contribution in [0.4, 0.5) is 5.95 Å². The monoisotopic (exact) mass is 855 g/mol. The molecule has 0 radical (unpaired) electrons. The molecule has 39 heteroatoms. The molecule has 33 nitrogen and oxygen atoms in total. The highest BCUT2D eigenvalue weighted by Gasteiger charge is 2.35. The summed E-state index contributed by atoms with van der Waals surface area (Å²) in [6.45, 7) is -0.277. The van der Waals surface area contributed by atoms with Crippen LogP contribution >= 0.6 is 46.9 Å². The predicted octanol–water partition coefficient (Wildman–Crippen LogP) is -7.23. The molecular weight excluding hydrogens is 824 g/mol. The Kier molecular flexibility index (Phi) is 25.1. The molecule has 2 aromatic rings. The first-order chi connectivity index (χ1) is 21.1. The minimum absolute atomic E-state index is 0.0171. The second kappa shape index (κ2) is 22.6. The summed E-state index contributed by atoms with van der Waals surface area (Å²) >= 11 is 0. The Morgan fingerprint density at radius 3 is 1.29 bits per heavy atom. The molecular formula is C10H31N5O28P6. The van der Waals surface area contributed by atoms with E-state index in [1.165, 1.54) is 10.9 Å². The number of rotatable bonds is 2. The van der Waals surface area contributed by atoms with Crippen molar-refractivity contribution in [2.45, 2.75) is 24.9 Å². The number of aliphatic hydroxyl groups excluding tert-OH is 2. The van der Waals surface area contributed by atoms with Gasteiger partial charge in [-0.3, -0.25) is 14.3 Å². The van der Waals surface area contributed by atoms with Gasteiger partial charge in [-0.2, -0.15) is 4.98 Å². The summed E-state index contributed by atoms with van der Waals surface area (Å²) in [4.78, 5) is 151. The second-order valence-electron chi connectivity index (χ2n) is 7.47. The molecule has 1 saturated heterocycles. The third-order valence-electron chi connectivity index (χ3n) is 3.15. The Morgan fingerprint density at radius 2 is 1.02 bits per heavy atom. The molecule has 1 unspecified atom stereocenters. The van der Waals surface area contributed by atoms with Crippen molar-refractivity contribution in [2.75, 3.05) is 12.3 Å². The van der Waals surface area contributed by atoms with E-state index in [4.69, 9.17) is 131 Å². The molecule has 0 amide bonds. The van der Waals surface area contributed by atoms with Crippen molar-refractivity contribution in [3.63, 3.8) is 0 Å². The maximum Gasteiger partial charge on any atom is 0.466 e. The first kappa shape index (κ1) is 54.5. The van der Waals surface area contributed by atoms with Crippen LogP contribution in [-0.4, -0.2) is 137 Å². The molecule has 0 aliphatic carbocycles. The van der Waals surface area contributed by atoms with E-state index in [0.717, 1.165) is 0 Å². The van der Waals surface area contributed by atoms with Crippen molar-refractivity contribution in [1.82, 2.24) is 19.5 Å². The van der Waals surface area contributed by atoms with Gasteiger partial charge in [0, 0.05) is 6.42 Å². The number of H-pyrrole nitrogens is 1. The van der Waals surface area contributed by atoms with Crippen LogP contribution in [0.2, 0.25) is 0 Å². The number of aromatic nitrogens is 4. The molecule has 49 heavy (non-hydrogen) atoms. The number of hydrogen-bond acceptors (Lipinski definition) is 13. The van der Waals surface area contributed by atoms with Gasteiger partial charge in [0.25, 0.3) is 5.56 Å². The first-order valence-corrected chi connectivity index (χ1v) is 19.9. The molecule has 2 aromatic heterocycles. The van der Waals surface area contributed by atoms with Gasteiger partial charge in [-0.1, -0.05) is 0 Å². The lowest BCUT2D eigenvalue weighted by molar-refractivity contribution is -0.0432. The number of fused-ring (bicyclic) bond motifs is 1. The van der Waals surface area contributed by atoms with Crippen LogP contribution in [0, 0.1) is 0 Å². The van der Waals surface area contributed by atoms with Crippen LogP contribution in [0.3, 0.4) is 0 Å². The molecule has 1 aliphatic rings. The predicted molar refractivity (Wildman–Crippen MR) is 150 cm³/mol. The molecule has 23 N–H and O–H groups in total. The highest BCUT2D eigenvalue weighted by molar-refractivity contribution is 7.46. The number of anilines is 1. The Morgan fingerprint density at radius 1 is 0.714 bits per heavy atom. The summed E-state index contributed by atoms with van der Waals surface area (Å²) in [5.74, 6) is -0.0171. The molecule has 3 rings (SSSR count). The van der Waals surface area contributed by atoms with Crippen LogP contribution in [0.1, 0.15) is 12.6 Å². The number of imidazole rings is 1. The molecule has 3 atom stereocenters. The Labute approximate surface area is 268 Å². The fourth-order valence-corrected chi connectivity index (χ4v) is 2.20. The summed E-state index contributed by atoms with van der Waals surface area (Å²) in [5, 5.41) is 18.8. The van der Waals surface area contributed by atoms with E-state index in [1.54, 1.807) is 0 Å². The maximum absolute atomic E-state index is 11.6. The highest BCUT2D eigenvalue weighted by atomic mass is 31.2. The Balaban J connectivity index is -0.000000280. The van der Waals surface area contributed by atoms with Crippen molar-refractivity contribution in [3.05, 3.63) is 16.7 Å². The lowest BCUT2D eigenvalue weighted by Gasteiger charge is -2.13. The Bertz CT molecular complexity index is 1390. The largest absolute Gasteiger partial charge is 0.466 e. The van der Waals surface area contributed by atoms with Crippen LogP contribution in [0.5, 0.6) is 0 Å². The minimum Gasteiger partial charge on any atom is -0.394 e. The summed E-state index contributed by atoms with van der Waals surface area (Å²) in [5.41, 5.74) is 5.50. The number of nitrogens with one attached hydrogen (secondary N) is 1. The number of aromatic amines is 1.